The van der Waals surface area contributed by atoms with Crippen LogP contribution in [0.3, 0.4) is 0 Å². The molecule has 0 aromatic carbocycles. The fourth-order valence-corrected chi connectivity index (χ4v) is 2.21. The van der Waals surface area contributed by atoms with Crippen molar-refractivity contribution in [3.63, 3.8) is 0 Å². The van der Waals surface area contributed by atoms with Crippen LogP contribution in [0.1, 0.15) is 19.3 Å². The van der Waals surface area contributed by atoms with Gasteiger partial charge in [-0.1, -0.05) is 0 Å². The molecule has 1 rings (SSSR count). The molecule has 5 nitrogen and oxygen atoms in total. The van der Waals surface area contributed by atoms with E-state index in [1.54, 1.807) is 0 Å². The first kappa shape index (κ1) is 15.9. The van der Waals surface area contributed by atoms with E-state index in [1.807, 2.05) is 0 Å². The smallest absolute Gasteiger partial charge is 0.0107 e. The Bertz CT molecular complexity index is 163. The Kier molecular flexibility index (Phi) is 10.5. The van der Waals surface area contributed by atoms with Crippen molar-refractivity contribution < 1.29 is 0 Å². The van der Waals surface area contributed by atoms with Crippen LogP contribution in [0.4, 0.5) is 0 Å². The van der Waals surface area contributed by atoms with Crippen molar-refractivity contribution in [1.82, 2.24) is 20.9 Å². The molecule has 5 N–H and O–H groups in total. The summed E-state index contributed by atoms with van der Waals surface area (Å²) in [6.07, 6.45) is 3.55. The van der Waals surface area contributed by atoms with Gasteiger partial charge < -0.3 is 26.6 Å². The molecule has 1 heterocycles. The van der Waals surface area contributed by atoms with Crippen LogP contribution >= 0.6 is 0 Å². The summed E-state index contributed by atoms with van der Waals surface area (Å²) in [5.74, 6) is 0. The topological polar surface area (TPSA) is 65.3 Å². The van der Waals surface area contributed by atoms with Crippen molar-refractivity contribution in [3.8, 4) is 0 Å². The van der Waals surface area contributed by atoms with Gasteiger partial charge in [0.05, 0.1) is 0 Å². The molecule has 108 valence electrons. The van der Waals surface area contributed by atoms with Gasteiger partial charge in [0.2, 0.25) is 0 Å². The number of nitrogens with zero attached hydrogens (tertiary/aromatic N) is 1. The first-order valence-electron chi connectivity index (χ1n) is 7.48. The number of hydrogen-bond donors (Lipinski definition) is 4. The maximum absolute atomic E-state index is 5.59. The Hall–Kier alpha value is -0.200. The van der Waals surface area contributed by atoms with Gasteiger partial charge in [-0.15, -0.1) is 0 Å². The number of nitrogens with one attached hydrogen (secondary N) is 3. The van der Waals surface area contributed by atoms with Crippen molar-refractivity contribution in [2.24, 2.45) is 5.73 Å². The van der Waals surface area contributed by atoms with E-state index in [2.05, 4.69) is 20.9 Å². The molecule has 1 saturated heterocycles. The van der Waals surface area contributed by atoms with Crippen LogP contribution in [0.15, 0.2) is 0 Å². The van der Waals surface area contributed by atoms with E-state index in [0.29, 0.717) is 0 Å². The Morgan fingerprint density at radius 3 is 2.17 bits per heavy atom. The highest BCUT2D eigenvalue weighted by Gasteiger charge is 2.04. The van der Waals surface area contributed by atoms with E-state index in [-0.39, 0.29) is 0 Å². The summed E-state index contributed by atoms with van der Waals surface area (Å²) in [4.78, 5) is 2.53. The maximum Gasteiger partial charge on any atom is 0.0107 e. The molecule has 0 aliphatic carbocycles. The highest BCUT2D eigenvalue weighted by atomic mass is 15.1. The van der Waals surface area contributed by atoms with E-state index in [4.69, 9.17) is 5.73 Å². The van der Waals surface area contributed by atoms with Crippen molar-refractivity contribution in [1.29, 1.82) is 0 Å². The molecule has 1 aliphatic heterocycles. The zero-order valence-electron chi connectivity index (χ0n) is 11.7. The van der Waals surface area contributed by atoms with E-state index in [1.165, 1.54) is 19.4 Å². The monoisotopic (exact) mass is 257 g/mol. The molecule has 0 amide bonds. The summed E-state index contributed by atoms with van der Waals surface area (Å²) in [6, 6.07) is 0. The largest absolute Gasteiger partial charge is 0.330 e. The van der Waals surface area contributed by atoms with Crippen molar-refractivity contribution in [2.45, 2.75) is 19.3 Å². The maximum atomic E-state index is 5.59. The summed E-state index contributed by atoms with van der Waals surface area (Å²) in [7, 11) is 0. The van der Waals surface area contributed by atoms with Gasteiger partial charge in [0.25, 0.3) is 0 Å². The van der Waals surface area contributed by atoms with E-state index < -0.39 is 0 Å². The molecule has 0 saturated carbocycles. The molecule has 0 aromatic heterocycles. The molecule has 18 heavy (non-hydrogen) atoms. The Morgan fingerprint density at radius 1 is 0.778 bits per heavy atom. The van der Waals surface area contributed by atoms with Gasteiger partial charge >= 0.3 is 0 Å². The SMILES string of the molecule is NCCCN1CCCNCCNCCCNCC1. The summed E-state index contributed by atoms with van der Waals surface area (Å²) in [5.41, 5.74) is 5.59. The number of nitrogens with two attached hydrogens (primary N) is 1. The standard InChI is InChI=1S/C13H31N5/c14-4-1-11-18-12-3-7-16-9-8-15-5-2-6-17-10-13-18/h15-17H,1-14H2. The summed E-state index contributed by atoms with van der Waals surface area (Å²) >= 11 is 0. The lowest BCUT2D eigenvalue weighted by atomic mass is 10.3. The molecule has 0 bridgehead atoms. The average molecular weight is 257 g/mol. The summed E-state index contributed by atoms with van der Waals surface area (Å²) < 4.78 is 0. The van der Waals surface area contributed by atoms with Gasteiger partial charge in [0.15, 0.2) is 0 Å². The van der Waals surface area contributed by atoms with Gasteiger partial charge in [-0.25, -0.2) is 0 Å². The molecule has 5 heteroatoms. The van der Waals surface area contributed by atoms with Crippen LogP contribution in [-0.4, -0.2) is 70.3 Å². The number of rotatable bonds is 3. The van der Waals surface area contributed by atoms with Gasteiger partial charge in [-0.3, -0.25) is 0 Å². The first-order valence-corrected chi connectivity index (χ1v) is 7.48. The van der Waals surface area contributed by atoms with Gasteiger partial charge in [0, 0.05) is 26.2 Å². The third kappa shape index (κ3) is 8.83. The summed E-state index contributed by atoms with van der Waals surface area (Å²) in [6.45, 7) is 10.9. The fourth-order valence-electron chi connectivity index (χ4n) is 2.21. The first-order chi connectivity index (χ1) is 8.93. The van der Waals surface area contributed by atoms with Gasteiger partial charge in [-0.2, -0.15) is 0 Å². The third-order valence-corrected chi connectivity index (χ3v) is 3.30. The highest BCUT2D eigenvalue weighted by molar-refractivity contribution is 4.63. The van der Waals surface area contributed by atoms with E-state index >= 15 is 0 Å². The van der Waals surface area contributed by atoms with E-state index in [9.17, 15) is 0 Å². The lowest BCUT2D eigenvalue weighted by Crippen LogP contribution is -2.37. The van der Waals surface area contributed by atoms with Gasteiger partial charge in [0.1, 0.15) is 0 Å². The number of hydrogen-bond acceptors (Lipinski definition) is 5. The van der Waals surface area contributed by atoms with Crippen LogP contribution in [0.25, 0.3) is 0 Å². The molecular formula is C13H31N5. The molecule has 0 aromatic rings. The normalized spacial score (nSPS) is 22.5. The third-order valence-electron chi connectivity index (χ3n) is 3.30. The van der Waals surface area contributed by atoms with Crippen molar-refractivity contribution in [2.75, 3.05) is 65.4 Å². The molecule has 1 fully saturated rings. The molecule has 0 unspecified atom stereocenters. The Morgan fingerprint density at radius 2 is 1.44 bits per heavy atom. The zero-order chi connectivity index (χ0) is 12.9. The molecule has 1 aliphatic rings. The average Bonchev–Trinajstić information content (AvgIpc) is 2.39. The van der Waals surface area contributed by atoms with Crippen molar-refractivity contribution >= 4 is 0 Å². The minimum atomic E-state index is 0.799. The summed E-state index contributed by atoms with van der Waals surface area (Å²) in [5, 5.41) is 10.5. The van der Waals surface area contributed by atoms with E-state index in [0.717, 1.165) is 65.3 Å². The quantitative estimate of drug-likeness (QED) is 0.533. The van der Waals surface area contributed by atoms with Crippen LogP contribution < -0.4 is 21.7 Å². The second-order valence-corrected chi connectivity index (χ2v) is 4.94. The minimum Gasteiger partial charge on any atom is -0.330 e. The van der Waals surface area contributed by atoms with Crippen LogP contribution in [-0.2, 0) is 0 Å². The second-order valence-electron chi connectivity index (χ2n) is 4.94. The highest BCUT2D eigenvalue weighted by Crippen LogP contribution is 1.93. The zero-order valence-corrected chi connectivity index (χ0v) is 11.7. The Labute approximate surface area is 112 Å². The van der Waals surface area contributed by atoms with Crippen LogP contribution in [0.2, 0.25) is 0 Å². The predicted octanol–water partition coefficient (Wildman–Crippen LogP) is -0.800. The van der Waals surface area contributed by atoms with Gasteiger partial charge in [-0.05, 0) is 58.5 Å². The fraction of sp³-hybridized carbons (Fsp3) is 1.00. The minimum absolute atomic E-state index is 0.799. The lowest BCUT2D eigenvalue weighted by Gasteiger charge is -2.22. The molecular weight excluding hydrogens is 226 g/mol. The van der Waals surface area contributed by atoms with Crippen LogP contribution in [0.5, 0.6) is 0 Å². The molecule has 0 radical (unpaired) electrons. The van der Waals surface area contributed by atoms with Crippen LogP contribution in [0, 0.1) is 0 Å². The molecule has 0 atom stereocenters. The Balaban J connectivity index is 2.20. The molecule has 0 spiro atoms. The van der Waals surface area contributed by atoms with Crippen molar-refractivity contribution in [3.05, 3.63) is 0 Å². The lowest BCUT2D eigenvalue weighted by molar-refractivity contribution is 0.266. The predicted molar refractivity (Wildman–Crippen MR) is 78.0 cm³/mol. The second kappa shape index (κ2) is 11.9.